The lowest BCUT2D eigenvalue weighted by atomic mass is 10.0. The minimum atomic E-state index is -0.873. The number of hydrogen-bond donors (Lipinski definition) is 3. The number of carboxylic acids is 1. The van der Waals surface area contributed by atoms with Gasteiger partial charge in [-0.3, -0.25) is 4.79 Å². The molecule has 3 N–H and O–H groups in total. The van der Waals surface area contributed by atoms with E-state index in [-0.39, 0.29) is 18.5 Å². The van der Waals surface area contributed by atoms with E-state index in [1.54, 1.807) is 7.11 Å². The Morgan fingerprint density at radius 3 is 2.72 bits per heavy atom. The van der Waals surface area contributed by atoms with Crippen LogP contribution in [0.25, 0.3) is 0 Å². The first-order valence-corrected chi connectivity index (χ1v) is 8.46. The van der Waals surface area contributed by atoms with Gasteiger partial charge in [-0.25, -0.2) is 4.79 Å². The molecule has 0 aromatic heterocycles. The molecule has 138 valence electrons. The highest BCUT2D eigenvalue weighted by atomic mass is 16.5. The van der Waals surface area contributed by atoms with Gasteiger partial charge < -0.3 is 25.2 Å². The van der Waals surface area contributed by atoms with Crippen LogP contribution in [0, 0.1) is 0 Å². The first kappa shape index (κ1) is 19.2. The van der Waals surface area contributed by atoms with Gasteiger partial charge in [-0.15, -0.1) is 0 Å². The summed E-state index contributed by atoms with van der Waals surface area (Å²) in [6.07, 6.45) is 1.69. The number of methoxy groups -OCH3 is 1. The third-order valence-electron chi connectivity index (χ3n) is 4.44. The fourth-order valence-electron chi connectivity index (χ4n) is 2.86. The van der Waals surface area contributed by atoms with E-state index in [0.29, 0.717) is 32.6 Å². The number of hydrogen-bond acceptors (Lipinski definition) is 4. The van der Waals surface area contributed by atoms with Crippen LogP contribution in [0.4, 0.5) is 4.79 Å². The first-order valence-electron chi connectivity index (χ1n) is 8.46. The Balaban J connectivity index is 1.88. The van der Waals surface area contributed by atoms with E-state index < -0.39 is 11.6 Å². The Bertz CT molecular complexity index is 558. The van der Waals surface area contributed by atoms with E-state index in [0.717, 1.165) is 12.0 Å². The molecule has 1 heterocycles. The minimum Gasteiger partial charge on any atom is -0.481 e. The van der Waals surface area contributed by atoms with E-state index in [4.69, 9.17) is 14.6 Å². The largest absolute Gasteiger partial charge is 0.481 e. The number of carbonyl (C=O) groups excluding carboxylic acids is 1. The Hall–Kier alpha value is -2.12. The highest BCUT2D eigenvalue weighted by molar-refractivity contribution is 5.74. The Morgan fingerprint density at radius 1 is 1.36 bits per heavy atom. The second kappa shape index (κ2) is 9.39. The summed E-state index contributed by atoms with van der Waals surface area (Å²) in [7, 11) is 1.61. The van der Waals surface area contributed by atoms with Gasteiger partial charge in [-0.2, -0.15) is 0 Å². The van der Waals surface area contributed by atoms with Crippen molar-refractivity contribution in [2.24, 2.45) is 0 Å². The van der Waals surface area contributed by atoms with Gasteiger partial charge in [-0.05, 0) is 18.4 Å². The van der Waals surface area contributed by atoms with E-state index in [1.807, 2.05) is 30.3 Å². The van der Waals surface area contributed by atoms with Gasteiger partial charge in [-0.1, -0.05) is 30.3 Å². The van der Waals surface area contributed by atoms with Crippen LogP contribution in [-0.2, 0) is 20.7 Å². The average molecular weight is 350 g/mol. The van der Waals surface area contributed by atoms with Crippen LogP contribution in [0.2, 0.25) is 0 Å². The monoisotopic (exact) mass is 350 g/mol. The second-order valence-corrected chi connectivity index (χ2v) is 6.34. The number of rotatable bonds is 9. The lowest BCUT2D eigenvalue weighted by Crippen LogP contribution is -2.50. The highest BCUT2D eigenvalue weighted by Crippen LogP contribution is 2.21. The SMILES string of the molecule is COC1(CNC(=O)NC(CCC(=O)O)Cc2ccccc2)CCOC1. The summed E-state index contributed by atoms with van der Waals surface area (Å²) < 4.78 is 10.8. The topological polar surface area (TPSA) is 96.9 Å². The number of benzene rings is 1. The molecule has 0 spiro atoms. The van der Waals surface area contributed by atoms with Crippen molar-refractivity contribution in [3.05, 3.63) is 35.9 Å². The molecule has 1 aliphatic heterocycles. The van der Waals surface area contributed by atoms with Gasteiger partial charge in [0.15, 0.2) is 0 Å². The standard InChI is InChI=1S/C18H26N2O5/c1-24-18(9-10-25-13-18)12-19-17(23)20-15(7-8-16(21)22)11-14-5-3-2-4-6-14/h2-6,15H,7-13H2,1H3,(H,21,22)(H2,19,20,23). The van der Waals surface area contributed by atoms with Gasteiger partial charge in [0.25, 0.3) is 0 Å². The first-order chi connectivity index (χ1) is 12.0. The van der Waals surface area contributed by atoms with Crippen molar-refractivity contribution in [1.29, 1.82) is 0 Å². The molecular weight excluding hydrogens is 324 g/mol. The zero-order valence-electron chi connectivity index (χ0n) is 14.5. The van der Waals surface area contributed by atoms with Crippen LogP contribution in [0.3, 0.4) is 0 Å². The molecule has 2 unspecified atom stereocenters. The lowest BCUT2D eigenvalue weighted by Gasteiger charge is -2.27. The molecule has 1 saturated heterocycles. The molecule has 2 amide bonds. The number of amides is 2. The number of carboxylic acid groups (broad SMARTS) is 1. The molecule has 7 heteroatoms. The van der Waals surface area contributed by atoms with Crippen LogP contribution in [-0.4, -0.2) is 55.6 Å². The van der Waals surface area contributed by atoms with Crippen molar-refractivity contribution in [2.45, 2.75) is 37.3 Å². The summed E-state index contributed by atoms with van der Waals surface area (Å²) in [5.41, 5.74) is 0.573. The van der Waals surface area contributed by atoms with E-state index in [1.165, 1.54) is 0 Å². The zero-order valence-corrected chi connectivity index (χ0v) is 14.5. The molecule has 1 aromatic rings. The van der Waals surface area contributed by atoms with Crippen molar-refractivity contribution in [1.82, 2.24) is 10.6 Å². The van der Waals surface area contributed by atoms with Crippen LogP contribution in [0.1, 0.15) is 24.8 Å². The van der Waals surface area contributed by atoms with Gasteiger partial charge in [0.05, 0.1) is 13.2 Å². The number of nitrogens with one attached hydrogen (secondary N) is 2. The van der Waals surface area contributed by atoms with Crippen molar-refractivity contribution >= 4 is 12.0 Å². The summed E-state index contributed by atoms with van der Waals surface area (Å²) in [4.78, 5) is 23.1. The van der Waals surface area contributed by atoms with Crippen LogP contribution in [0.15, 0.2) is 30.3 Å². The smallest absolute Gasteiger partial charge is 0.315 e. The second-order valence-electron chi connectivity index (χ2n) is 6.34. The molecule has 25 heavy (non-hydrogen) atoms. The predicted octanol–water partition coefficient (Wildman–Crippen LogP) is 1.57. The number of aliphatic carboxylic acids is 1. The number of carbonyl (C=O) groups is 2. The Labute approximate surface area is 147 Å². The van der Waals surface area contributed by atoms with E-state index in [2.05, 4.69) is 10.6 Å². The van der Waals surface area contributed by atoms with Gasteiger partial charge >= 0.3 is 12.0 Å². The predicted molar refractivity (Wildman–Crippen MR) is 92.5 cm³/mol. The van der Waals surface area contributed by atoms with E-state index >= 15 is 0 Å². The number of ether oxygens (including phenoxy) is 2. The summed E-state index contributed by atoms with van der Waals surface area (Å²) in [6, 6.07) is 9.11. The lowest BCUT2D eigenvalue weighted by molar-refractivity contribution is -0.137. The summed E-state index contributed by atoms with van der Waals surface area (Å²) in [5, 5.41) is 14.6. The normalized spacial score (nSPS) is 20.8. The van der Waals surface area contributed by atoms with Gasteiger partial charge in [0.1, 0.15) is 5.60 Å². The van der Waals surface area contributed by atoms with Crippen molar-refractivity contribution in [3.8, 4) is 0 Å². The fourth-order valence-corrected chi connectivity index (χ4v) is 2.86. The van der Waals surface area contributed by atoms with Crippen molar-refractivity contribution in [3.63, 3.8) is 0 Å². The highest BCUT2D eigenvalue weighted by Gasteiger charge is 2.35. The molecule has 1 aromatic carbocycles. The van der Waals surface area contributed by atoms with Crippen LogP contribution >= 0.6 is 0 Å². The maximum atomic E-state index is 12.2. The van der Waals surface area contributed by atoms with Gasteiger partial charge in [0, 0.05) is 32.6 Å². The molecule has 1 fully saturated rings. The third-order valence-corrected chi connectivity index (χ3v) is 4.44. The summed E-state index contributed by atoms with van der Waals surface area (Å²) in [5.74, 6) is -0.873. The number of urea groups is 1. The van der Waals surface area contributed by atoms with Crippen LogP contribution in [0.5, 0.6) is 0 Å². The minimum absolute atomic E-state index is 0.00757. The van der Waals surface area contributed by atoms with Crippen LogP contribution < -0.4 is 10.6 Å². The fraction of sp³-hybridized carbons (Fsp3) is 0.556. The van der Waals surface area contributed by atoms with Gasteiger partial charge in [0.2, 0.25) is 0 Å². The van der Waals surface area contributed by atoms with Crippen molar-refractivity contribution < 1.29 is 24.2 Å². The molecular formula is C18H26N2O5. The molecule has 0 aliphatic carbocycles. The average Bonchev–Trinajstić information content (AvgIpc) is 3.08. The summed E-state index contributed by atoms with van der Waals surface area (Å²) >= 11 is 0. The maximum absolute atomic E-state index is 12.2. The molecule has 7 nitrogen and oxygen atoms in total. The van der Waals surface area contributed by atoms with E-state index in [9.17, 15) is 9.59 Å². The Morgan fingerprint density at radius 2 is 2.12 bits per heavy atom. The summed E-state index contributed by atoms with van der Waals surface area (Å²) in [6.45, 7) is 1.43. The molecule has 0 saturated carbocycles. The third kappa shape index (κ3) is 6.36. The molecule has 1 aliphatic rings. The van der Waals surface area contributed by atoms with Crippen molar-refractivity contribution in [2.75, 3.05) is 26.9 Å². The molecule has 2 atom stereocenters. The Kier molecular flexibility index (Phi) is 7.21. The quantitative estimate of drug-likeness (QED) is 0.628. The zero-order chi connectivity index (χ0) is 18.1. The maximum Gasteiger partial charge on any atom is 0.315 e. The molecule has 0 radical (unpaired) electrons. The molecule has 2 rings (SSSR count). The molecule has 0 bridgehead atoms.